The number of hydrogen-bond donors (Lipinski definition) is 0. The fraction of sp³-hybridized carbons (Fsp3) is 0.0714. The predicted molar refractivity (Wildman–Crippen MR) is 77.7 cm³/mol. The van der Waals surface area contributed by atoms with Crippen molar-refractivity contribution in [3.05, 3.63) is 81.4 Å². The van der Waals surface area contributed by atoms with E-state index in [2.05, 4.69) is 7.05 Å². The number of nitrogens with zero attached hydrogens (tertiary/aromatic N) is 3. The van der Waals surface area contributed by atoms with Crippen molar-refractivity contribution in [2.24, 2.45) is 0 Å². The van der Waals surface area contributed by atoms with Gasteiger partial charge in [-0.3, -0.25) is 20.2 Å². The highest BCUT2D eigenvalue weighted by molar-refractivity contribution is 5.67. The molecule has 0 N–H and O–H groups in total. The Kier molecular flexibility index (Phi) is 4.13. The molecule has 7 heteroatoms. The van der Waals surface area contributed by atoms with Crippen LogP contribution in [0.2, 0.25) is 0 Å². The second-order valence-electron chi connectivity index (χ2n) is 4.37. The summed E-state index contributed by atoms with van der Waals surface area (Å²) in [4.78, 5) is 21.9. The van der Waals surface area contributed by atoms with Crippen molar-refractivity contribution in [1.82, 2.24) is 0 Å². The van der Waals surface area contributed by atoms with Gasteiger partial charge in [-0.1, -0.05) is 30.3 Å². The van der Waals surface area contributed by atoms with Gasteiger partial charge in [-0.05, 0) is 11.6 Å². The molecule has 7 nitrogen and oxygen atoms in total. The molecule has 0 spiro atoms. The fourth-order valence-corrected chi connectivity index (χ4v) is 1.93. The topological polar surface area (TPSA) is 89.5 Å². The summed E-state index contributed by atoms with van der Waals surface area (Å²) in [5.74, 6) is 0. The number of non-ortho nitro benzene ring substituents is 1. The Bertz CT molecular complexity index is 673. The minimum absolute atomic E-state index is 0.231. The van der Waals surface area contributed by atoms with Crippen LogP contribution in [-0.2, 0) is 6.54 Å². The predicted octanol–water partition coefficient (Wildman–Crippen LogP) is 3.30. The van der Waals surface area contributed by atoms with Gasteiger partial charge in [-0.2, -0.15) is 0 Å². The third-order valence-electron chi connectivity index (χ3n) is 2.92. The van der Waals surface area contributed by atoms with E-state index in [1.165, 1.54) is 17.0 Å². The lowest BCUT2D eigenvalue weighted by Gasteiger charge is -2.18. The van der Waals surface area contributed by atoms with Crippen molar-refractivity contribution in [2.75, 3.05) is 4.90 Å². The number of rotatable bonds is 5. The molecule has 0 saturated carbocycles. The van der Waals surface area contributed by atoms with Crippen LogP contribution in [0.15, 0.2) is 48.5 Å². The summed E-state index contributed by atoms with van der Waals surface area (Å²) in [6.45, 7) is 0.361. The Morgan fingerprint density at radius 1 is 1.00 bits per heavy atom. The SMILES string of the molecule is [CH2]N(Cc1ccccc1)c1ccc([N+](=O)[O-])cc1[N+](=O)[O-]. The molecule has 0 unspecified atom stereocenters. The van der Waals surface area contributed by atoms with Crippen LogP contribution >= 0.6 is 0 Å². The van der Waals surface area contributed by atoms with E-state index in [0.29, 0.717) is 6.54 Å². The van der Waals surface area contributed by atoms with E-state index in [0.717, 1.165) is 11.6 Å². The molecule has 2 aromatic carbocycles. The number of hydrogen-bond acceptors (Lipinski definition) is 5. The van der Waals surface area contributed by atoms with Crippen molar-refractivity contribution < 1.29 is 9.85 Å². The summed E-state index contributed by atoms with van der Waals surface area (Å²) in [6, 6.07) is 12.8. The number of anilines is 1. The number of nitro benzene ring substituents is 2. The molecule has 2 aromatic rings. The molecule has 1 radical (unpaired) electrons. The Morgan fingerprint density at radius 3 is 2.24 bits per heavy atom. The van der Waals surface area contributed by atoms with E-state index >= 15 is 0 Å². The van der Waals surface area contributed by atoms with Gasteiger partial charge in [0.05, 0.1) is 15.9 Å². The Labute approximate surface area is 120 Å². The van der Waals surface area contributed by atoms with Gasteiger partial charge in [0, 0.05) is 19.7 Å². The lowest BCUT2D eigenvalue weighted by Crippen LogP contribution is -2.15. The highest BCUT2D eigenvalue weighted by Gasteiger charge is 2.21. The monoisotopic (exact) mass is 286 g/mol. The third-order valence-corrected chi connectivity index (χ3v) is 2.92. The van der Waals surface area contributed by atoms with E-state index in [4.69, 9.17) is 0 Å². The number of benzene rings is 2. The van der Waals surface area contributed by atoms with E-state index in [9.17, 15) is 20.2 Å². The van der Waals surface area contributed by atoms with Crippen LogP contribution < -0.4 is 4.90 Å². The Balaban J connectivity index is 2.34. The average Bonchev–Trinajstić information content (AvgIpc) is 2.47. The minimum Gasteiger partial charge on any atom is -0.360 e. The maximum Gasteiger partial charge on any atom is 0.299 e. The molecule has 0 aromatic heterocycles. The summed E-state index contributed by atoms with van der Waals surface area (Å²) in [5.41, 5.74) is 0.503. The van der Waals surface area contributed by atoms with Gasteiger partial charge in [0.1, 0.15) is 5.69 Å². The van der Waals surface area contributed by atoms with Crippen molar-refractivity contribution >= 4 is 17.1 Å². The molecule has 0 aliphatic rings. The van der Waals surface area contributed by atoms with Crippen LogP contribution in [-0.4, -0.2) is 9.85 Å². The molecule has 0 amide bonds. The summed E-state index contributed by atoms with van der Waals surface area (Å²) >= 11 is 0. The maximum atomic E-state index is 11.1. The first-order valence-electron chi connectivity index (χ1n) is 6.04. The first-order valence-corrected chi connectivity index (χ1v) is 6.04. The van der Waals surface area contributed by atoms with Crippen LogP contribution in [0.4, 0.5) is 17.1 Å². The average molecular weight is 286 g/mol. The summed E-state index contributed by atoms with van der Waals surface area (Å²) in [6.07, 6.45) is 0. The van der Waals surface area contributed by atoms with Gasteiger partial charge in [-0.25, -0.2) is 0 Å². The Morgan fingerprint density at radius 2 is 1.67 bits per heavy atom. The normalized spacial score (nSPS) is 10.1. The lowest BCUT2D eigenvalue weighted by molar-refractivity contribution is -0.393. The zero-order chi connectivity index (χ0) is 15.4. The second-order valence-corrected chi connectivity index (χ2v) is 4.37. The third kappa shape index (κ3) is 3.33. The standard InChI is InChI=1S/C14H12N3O4/c1-15(10-11-5-3-2-4-6-11)13-8-7-12(16(18)19)9-14(13)17(20)21/h2-9H,1,10H2. The van der Waals surface area contributed by atoms with E-state index in [-0.39, 0.29) is 17.1 Å². The molecule has 21 heavy (non-hydrogen) atoms. The molecule has 0 atom stereocenters. The number of nitro groups is 2. The molecular weight excluding hydrogens is 274 g/mol. The second kappa shape index (κ2) is 6.00. The lowest BCUT2D eigenvalue weighted by atomic mass is 10.2. The largest absolute Gasteiger partial charge is 0.360 e. The van der Waals surface area contributed by atoms with Crippen molar-refractivity contribution in [2.45, 2.75) is 6.54 Å². The van der Waals surface area contributed by atoms with Crippen molar-refractivity contribution in [3.8, 4) is 0 Å². The molecule has 0 aliphatic carbocycles. The van der Waals surface area contributed by atoms with Crippen molar-refractivity contribution in [1.29, 1.82) is 0 Å². The quantitative estimate of drug-likeness (QED) is 0.621. The first kappa shape index (κ1) is 14.4. The van der Waals surface area contributed by atoms with Crippen LogP contribution in [0.5, 0.6) is 0 Å². The molecule has 0 aliphatic heterocycles. The summed E-state index contributed by atoms with van der Waals surface area (Å²) in [5, 5.41) is 21.8. The van der Waals surface area contributed by atoms with Gasteiger partial charge >= 0.3 is 0 Å². The minimum atomic E-state index is -0.665. The van der Waals surface area contributed by atoms with Gasteiger partial charge in [-0.15, -0.1) is 0 Å². The van der Waals surface area contributed by atoms with E-state index in [1.54, 1.807) is 0 Å². The van der Waals surface area contributed by atoms with E-state index < -0.39 is 9.85 Å². The molecule has 0 bridgehead atoms. The highest BCUT2D eigenvalue weighted by Crippen LogP contribution is 2.32. The Hall–Kier alpha value is -2.96. The molecule has 0 heterocycles. The summed E-state index contributed by atoms with van der Waals surface area (Å²) < 4.78 is 0. The molecule has 107 valence electrons. The summed E-state index contributed by atoms with van der Waals surface area (Å²) in [7, 11) is 3.78. The highest BCUT2D eigenvalue weighted by atomic mass is 16.6. The molecule has 0 saturated heterocycles. The smallest absolute Gasteiger partial charge is 0.299 e. The van der Waals surface area contributed by atoms with Crippen molar-refractivity contribution in [3.63, 3.8) is 0 Å². The zero-order valence-corrected chi connectivity index (χ0v) is 11.0. The van der Waals surface area contributed by atoms with E-state index in [1.807, 2.05) is 30.3 Å². The van der Waals surface area contributed by atoms with Crippen LogP contribution in [0, 0.1) is 27.3 Å². The van der Waals surface area contributed by atoms with Crippen LogP contribution in [0.1, 0.15) is 5.56 Å². The molecule has 0 fully saturated rings. The zero-order valence-electron chi connectivity index (χ0n) is 11.0. The molecular formula is C14H12N3O4. The van der Waals surface area contributed by atoms with Crippen LogP contribution in [0.3, 0.4) is 0 Å². The van der Waals surface area contributed by atoms with Gasteiger partial charge < -0.3 is 4.90 Å². The first-order chi connectivity index (χ1) is 9.99. The fourth-order valence-electron chi connectivity index (χ4n) is 1.93. The van der Waals surface area contributed by atoms with Gasteiger partial charge in [0.25, 0.3) is 11.4 Å². The maximum absolute atomic E-state index is 11.1. The van der Waals surface area contributed by atoms with Gasteiger partial charge in [0.15, 0.2) is 0 Å². The van der Waals surface area contributed by atoms with Crippen LogP contribution in [0.25, 0.3) is 0 Å². The van der Waals surface area contributed by atoms with Gasteiger partial charge in [0.2, 0.25) is 0 Å². The molecule has 2 rings (SSSR count).